The van der Waals surface area contributed by atoms with Gasteiger partial charge in [-0.25, -0.2) is 24.9 Å². The van der Waals surface area contributed by atoms with Gasteiger partial charge in [0, 0.05) is 44.5 Å². The fourth-order valence-electron chi connectivity index (χ4n) is 9.30. The molecule has 0 bridgehead atoms. The van der Waals surface area contributed by atoms with Gasteiger partial charge in [0.1, 0.15) is 11.5 Å². The van der Waals surface area contributed by atoms with Gasteiger partial charge in [-0.2, -0.15) is 0 Å². The summed E-state index contributed by atoms with van der Waals surface area (Å²) in [4.78, 5) is 26.1. The SMILES string of the molecule is c1ccc(-c2cc(-c3ccccc3)nc(-c3cccc4c3-c3cc(-c5nc(-c6ccccc6)nc(-c6ccccc6)n5)ccc3C43c4ccccc4Oc4ccccc43)n2)cc1. The molecule has 3 heterocycles. The molecule has 0 amide bonds. The molecule has 1 aliphatic heterocycles. The van der Waals surface area contributed by atoms with E-state index < -0.39 is 5.41 Å². The van der Waals surface area contributed by atoms with E-state index in [4.69, 9.17) is 29.7 Å². The van der Waals surface area contributed by atoms with Gasteiger partial charge in [-0.05, 0) is 46.5 Å². The zero-order valence-electron chi connectivity index (χ0n) is 33.4. The number of ether oxygens (including phenoxy) is 1. The van der Waals surface area contributed by atoms with Crippen LogP contribution in [0.4, 0.5) is 0 Å². The number of hydrogen-bond donors (Lipinski definition) is 0. The smallest absolute Gasteiger partial charge is 0.164 e. The van der Waals surface area contributed by atoms with Crippen LogP contribution in [0.2, 0.25) is 0 Å². The Balaban J connectivity index is 1.16. The van der Waals surface area contributed by atoms with E-state index in [-0.39, 0.29) is 0 Å². The maximum atomic E-state index is 6.69. The summed E-state index contributed by atoms with van der Waals surface area (Å²) < 4.78 is 6.69. The first-order chi connectivity index (χ1) is 30.7. The molecule has 10 aromatic rings. The molecule has 8 aromatic carbocycles. The van der Waals surface area contributed by atoms with E-state index in [1.165, 1.54) is 0 Å². The summed E-state index contributed by atoms with van der Waals surface area (Å²) in [6, 6.07) is 73.1. The molecule has 0 unspecified atom stereocenters. The van der Waals surface area contributed by atoms with Crippen molar-refractivity contribution < 1.29 is 4.74 Å². The lowest BCUT2D eigenvalue weighted by Gasteiger charge is -2.39. The molecule has 2 aromatic heterocycles. The third-order valence-corrected chi connectivity index (χ3v) is 12.0. The highest BCUT2D eigenvalue weighted by molar-refractivity contribution is 5.97. The number of para-hydroxylation sites is 2. The average molecular weight is 794 g/mol. The van der Waals surface area contributed by atoms with Crippen LogP contribution in [0.5, 0.6) is 11.5 Å². The minimum atomic E-state index is -0.715. The van der Waals surface area contributed by atoms with E-state index in [9.17, 15) is 0 Å². The minimum Gasteiger partial charge on any atom is -0.457 e. The molecule has 0 fully saturated rings. The molecule has 290 valence electrons. The van der Waals surface area contributed by atoms with Crippen LogP contribution in [0, 0.1) is 0 Å². The Kier molecular flexibility index (Phi) is 8.28. The van der Waals surface area contributed by atoms with Gasteiger partial charge in [-0.3, -0.25) is 0 Å². The van der Waals surface area contributed by atoms with Crippen LogP contribution in [0.25, 0.3) is 79.2 Å². The lowest BCUT2D eigenvalue weighted by Crippen LogP contribution is -2.32. The number of aromatic nitrogens is 5. The first-order valence-corrected chi connectivity index (χ1v) is 20.8. The molecule has 1 spiro atoms. The lowest BCUT2D eigenvalue weighted by atomic mass is 9.66. The highest BCUT2D eigenvalue weighted by Gasteiger charge is 2.52. The van der Waals surface area contributed by atoms with E-state index in [2.05, 4.69) is 127 Å². The van der Waals surface area contributed by atoms with Crippen molar-refractivity contribution in [1.82, 2.24) is 24.9 Å². The molecule has 0 saturated carbocycles. The number of fused-ring (bicyclic) bond motifs is 9. The van der Waals surface area contributed by atoms with Crippen molar-refractivity contribution in [1.29, 1.82) is 0 Å². The summed E-state index contributed by atoms with van der Waals surface area (Å²) in [5.41, 5.74) is 13.2. The minimum absolute atomic E-state index is 0.585. The Morgan fingerprint density at radius 2 is 0.742 bits per heavy atom. The molecule has 0 atom stereocenters. The van der Waals surface area contributed by atoms with Crippen LogP contribution >= 0.6 is 0 Å². The van der Waals surface area contributed by atoms with Crippen molar-refractivity contribution in [3.63, 3.8) is 0 Å². The third-order valence-electron chi connectivity index (χ3n) is 12.0. The maximum Gasteiger partial charge on any atom is 0.164 e. The summed E-state index contributed by atoms with van der Waals surface area (Å²) in [6.45, 7) is 0. The summed E-state index contributed by atoms with van der Waals surface area (Å²) in [5.74, 6) is 4.10. The van der Waals surface area contributed by atoms with Crippen LogP contribution in [0.1, 0.15) is 22.3 Å². The van der Waals surface area contributed by atoms with Gasteiger partial charge >= 0.3 is 0 Å². The lowest BCUT2D eigenvalue weighted by molar-refractivity contribution is 0.436. The summed E-state index contributed by atoms with van der Waals surface area (Å²) in [5, 5.41) is 0. The Bertz CT molecular complexity index is 3160. The second kappa shape index (κ2) is 14.4. The average Bonchev–Trinajstić information content (AvgIpc) is 3.65. The van der Waals surface area contributed by atoms with Crippen molar-refractivity contribution >= 4 is 0 Å². The fraction of sp³-hybridized carbons (Fsp3) is 0.0179. The molecule has 6 nitrogen and oxygen atoms in total. The Morgan fingerprint density at radius 1 is 0.290 bits per heavy atom. The van der Waals surface area contributed by atoms with Crippen LogP contribution in [-0.2, 0) is 5.41 Å². The van der Waals surface area contributed by atoms with Crippen molar-refractivity contribution in [3.8, 4) is 90.7 Å². The van der Waals surface area contributed by atoms with Gasteiger partial charge in [0.25, 0.3) is 0 Å². The first-order valence-electron chi connectivity index (χ1n) is 20.8. The molecule has 0 radical (unpaired) electrons. The van der Waals surface area contributed by atoms with E-state index in [1.807, 2.05) is 84.9 Å². The first kappa shape index (κ1) is 35.6. The molecular weight excluding hydrogens is 759 g/mol. The van der Waals surface area contributed by atoms with Gasteiger partial charge in [0.2, 0.25) is 0 Å². The second-order valence-corrected chi connectivity index (χ2v) is 15.6. The molecule has 0 N–H and O–H groups in total. The van der Waals surface area contributed by atoms with Gasteiger partial charge in [-0.1, -0.05) is 188 Å². The molecule has 2 aliphatic rings. The zero-order chi connectivity index (χ0) is 41.0. The largest absolute Gasteiger partial charge is 0.457 e. The predicted molar refractivity (Wildman–Crippen MR) is 245 cm³/mol. The second-order valence-electron chi connectivity index (χ2n) is 15.6. The highest BCUT2D eigenvalue weighted by Crippen LogP contribution is 2.63. The van der Waals surface area contributed by atoms with Crippen molar-refractivity contribution in [2.24, 2.45) is 0 Å². The normalized spacial score (nSPS) is 12.8. The van der Waals surface area contributed by atoms with Crippen LogP contribution < -0.4 is 4.74 Å². The molecule has 1 aliphatic carbocycles. The quantitative estimate of drug-likeness (QED) is 0.167. The molecular formula is C56H35N5O. The van der Waals surface area contributed by atoms with Gasteiger partial charge < -0.3 is 4.74 Å². The number of rotatable bonds is 6. The van der Waals surface area contributed by atoms with Gasteiger partial charge in [-0.15, -0.1) is 0 Å². The number of hydrogen-bond acceptors (Lipinski definition) is 6. The summed E-state index contributed by atoms with van der Waals surface area (Å²) in [6.07, 6.45) is 0. The standard InChI is InChI=1S/C56H35N5O/c1-5-18-36(19-6-1)47-35-48(37-20-7-2-8-21-37)58-55(57-47)41-26-17-29-46-51(41)42-34-40(54-60-52(38-22-9-3-10-23-38)59-53(61-54)39-24-11-4-12-25-39)32-33-43(42)56(46)44-27-13-15-30-49(44)62-50-31-16-14-28-45(50)56/h1-35H. The highest BCUT2D eigenvalue weighted by atomic mass is 16.5. The zero-order valence-corrected chi connectivity index (χ0v) is 33.4. The monoisotopic (exact) mass is 793 g/mol. The predicted octanol–water partition coefficient (Wildman–Crippen LogP) is 13.1. The van der Waals surface area contributed by atoms with Crippen LogP contribution in [0.3, 0.4) is 0 Å². The van der Waals surface area contributed by atoms with Crippen LogP contribution in [0.15, 0.2) is 212 Å². The molecule has 6 heteroatoms. The number of nitrogens with zero attached hydrogens (tertiary/aromatic N) is 5. The molecule has 62 heavy (non-hydrogen) atoms. The third kappa shape index (κ3) is 5.69. The summed E-state index contributed by atoms with van der Waals surface area (Å²) in [7, 11) is 0. The van der Waals surface area contributed by atoms with Gasteiger partial charge in [0.15, 0.2) is 23.3 Å². The summed E-state index contributed by atoms with van der Waals surface area (Å²) >= 11 is 0. The van der Waals surface area contributed by atoms with Gasteiger partial charge in [0.05, 0.1) is 16.8 Å². The fourth-order valence-corrected chi connectivity index (χ4v) is 9.30. The molecule has 12 rings (SSSR count). The van der Waals surface area contributed by atoms with E-state index >= 15 is 0 Å². The van der Waals surface area contributed by atoms with E-state index in [0.29, 0.717) is 23.3 Å². The Morgan fingerprint density at radius 3 is 1.27 bits per heavy atom. The maximum absolute atomic E-state index is 6.69. The van der Waals surface area contributed by atoms with Crippen molar-refractivity contribution in [3.05, 3.63) is 235 Å². The topological polar surface area (TPSA) is 73.7 Å². The Labute approximate surface area is 359 Å². The number of benzene rings is 8. The van der Waals surface area contributed by atoms with Crippen molar-refractivity contribution in [2.75, 3.05) is 0 Å². The van der Waals surface area contributed by atoms with E-state index in [0.717, 1.165) is 89.6 Å². The van der Waals surface area contributed by atoms with Crippen LogP contribution in [-0.4, -0.2) is 24.9 Å². The van der Waals surface area contributed by atoms with E-state index in [1.54, 1.807) is 0 Å². The van der Waals surface area contributed by atoms with Crippen molar-refractivity contribution in [2.45, 2.75) is 5.41 Å². The Hall–Kier alpha value is -8.35. The molecule has 0 saturated heterocycles.